The molecule has 82 valence electrons. The van der Waals surface area contributed by atoms with Crippen molar-refractivity contribution in [1.82, 2.24) is 0 Å². The fourth-order valence-electron chi connectivity index (χ4n) is 2.91. The summed E-state index contributed by atoms with van der Waals surface area (Å²) in [6, 6.07) is 10.4. The van der Waals surface area contributed by atoms with Crippen LogP contribution in [-0.2, 0) is 0 Å². The highest BCUT2D eigenvalue weighted by Gasteiger charge is 2.33. The molecule has 0 spiro atoms. The zero-order valence-electron chi connectivity index (χ0n) is 9.26. The summed E-state index contributed by atoms with van der Waals surface area (Å²) in [5.74, 6) is 0.202. The molecule has 16 heavy (non-hydrogen) atoms. The van der Waals surface area contributed by atoms with Crippen molar-refractivity contribution < 1.29 is 5.11 Å². The minimum atomic E-state index is -0.227. The largest absolute Gasteiger partial charge is 0.392 e. The van der Waals surface area contributed by atoms with Gasteiger partial charge >= 0.3 is 0 Å². The van der Waals surface area contributed by atoms with Gasteiger partial charge in [-0.15, -0.1) is 0 Å². The molecule has 2 atom stereocenters. The van der Waals surface area contributed by atoms with Crippen LogP contribution in [0.25, 0.3) is 0 Å². The number of rotatable bonds is 1. The number of aliphatic hydroxyl groups is 1. The van der Waals surface area contributed by atoms with Gasteiger partial charge in [0.05, 0.1) is 6.10 Å². The minimum absolute atomic E-state index is 0.202. The SMILES string of the molecule is OC1CC2=C(C=CCC2)C1c1ccccc1. The van der Waals surface area contributed by atoms with Crippen LogP contribution >= 0.6 is 0 Å². The van der Waals surface area contributed by atoms with Crippen molar-refractivity contribution in [3.05, 3.63) is 59.2 Å². The molecule has 1 nitrogen and oxygen atoms in total. The minimum Gasteiger partial charge on any atom is -0.392 e. The standard InChI is InChI=1S/C15H16O/c16-14-10-12-8-4-5-9-13(12)15(14)11-6-2-1-3-7-11/h1-3,5-7,9,14-16H,4,8,10H2. The Bertz CT molecular complexity index is 442. The van der Waals surface area contributed by atoms with Gasteiger partial charge in [-0.25, -0.2) is 0 Å². The quantitative estimate of drug-likeness (QED) is 0.758. The number of hydrogen-bond acceptors (Lipinski definition) is 1. The smallest absolute Gasteiger partial charge is 0.0686 e. The summed E-state index contributed by atoms with van der Waals surface area (Å²) in [4.78, 5) is 0. The third kappa shape index (κ3) is 1.52. The molecule has 0 amide bonds. The Hall–Kier alpha value is -1.34. The number of benzene rings is 1. The van der Waals surface area contributed by atoms with Gasteiger partial charge in [-0.3, -0.25) is 0 Å². The monoisotopic (exact) mass is 212 g/mol. The normalized spacial score (nSPS) is 28.3. The van der Waals surface area contributed by atoms with Crippen LogP contribution in [0.15, 0.2) is 53.6 Å². The molecule has 1 aromatic carbocycles. The van der Waals surface area contributed by atoms with Crippen molar-refractivity contribution in [3.63, 3.8) is 0 Å². The summed E-state index contributed by atoms with van der Waals surface area (Å²) in [5.41, 5.74) is 4.07. The fraction of sp³-hybridized carbons (Fsp3) is 0.333. The van der Waals surface area contributed by atoms with Crippen molar-refractivity contribution in [2.45, 2.75) is 31.3 Å². The molecule has 0 radical (unpaired) electrons. The lowest BCUT2D eigenvalue weighted by Gasteiger charge is -2.18. The van der Waals surface area contributed by atoms with E-state index < -0.39 is 0 Å². The summed E-state index contributed by atoms with van der Waals surface area (Å²) in [5, 5.41) is 10.2. The van der Waals surface area contributed by atoms with Crippen LogP contribution in [0.5, 0.6) is 0 Å². The first kappa shape index (κ1) is 9.86. The maximum atomic E-state index is 10.2. The Morgan fingerprint density at radius 2 is 1.94 bits per heavy atom. The van der Waals surface area contributed by atoms with Crippen molar-refractivity contribution in [2.75, 3.05) is 0 Å². The molecule has 0 aliphatic heterocycles. The van der Waals surface area contributed by atoms with E-state index in [-0.39, 0.29) is 12.0 Å². The van der Waals surface area contributed by atoms with Crippen LogP contribution in [0.3, 0.4) is 0 Å². The Morgan fingerprint density at radius 1 is 1.12 bits per heavy atom. The summed E-state index contributed by atoms with van der Waals surface area (Å²) in [6.07, 6.45) is 7.34. The van der Waals surface area contributed by atoms with Crippen LogP contribution in [0.2, 0.25) is 0 Å². The second kappa shape index (κ2) is 3.91. The van der Waals surface area contributed by atoms with Crippen molar-refractivity contribution in [1.29, 1.82) is 0 Å². The van der Waals surface area contributed by atoms with Crippen molar-refractivity contribution in [2.24, 2.45) is 0 Å². The second-order valence-electron chi connectivity index (χ2n) is 4.66. The molecule has 0 saturated carbocycles. The van der Waals surface area contributed by atoms with E-state index >= 15 is 0 Å². The highest BCUT2D eigenvalue weighted by atomic mass is 16.3. The van der Waals surface area contributed by atoms with Gasteiger partial charge in [0.2, 0.25) is 0 Å². The van der Waals surface area contributed by atoms with Gasteiger partial charge in [0.1, 0.15) is 0 Å². The molecular formula is C15H16O. The van der Waals surface area contributed by atoms with Gasteiger partial charge in [-0.05, 0) is 30.4 Å². The molecule has 0 aromatic heterocycles. The third-order valence-electron chi connectivity index (χ3n) is 3.65. The molecule has 0 heterocycles. The summed E-state index contributed by atoms with van der Waals surface area (Å²) < 4.78 is 0. The van der Waals surface area contributed by atoms with Gasteiger partial charge < -0.3 is 5.11 Å². The predicted octanol–water partition coefficient (Wildman–Crippen LogP) is 3.18. The number of aliphatic hydroxyl groups excluding tert-OH is 1. The highest BCUT2D eigenvalue weighted by molar-refractivity contribution is 5.45. The lowest BCUT2D eigenvalue weighted by atomic mass is 9.88. The Labute approximate surface area is 96.1 Å². The van der Waals surface area contributed by atoms with Gasteiger partial charge in [0.15, 0.2) is 0 Å². The topological polar surface area (TPSA) is 20.2 Å². The first-order valence-electron chi connectivity index (χ1n) is 5.98. The maximum absolute atomic E-state index is 10.2. The molecule has 1 aromatic rings. The van der Waals surface area contributed by atoms with Gasteiger partial charge in [-0.1, -0.05) is 48.1 Å². The van der Waals surface area contributed by atoms with Gasteiger partial charge in [0.25, 0.3) is 0 Å². The zero-order valence-corrected chi connectivity index (χ0v) is 9.26. The molecule has 2 unspecified atom stereocenters. The molecule has 0 bridgehead atoms. The van der Waals surface area contributed by atoms with Crippen LogP contribution < -0.4 is 0 Å². The van der Waals surface area contributed by atoms with E-state index in [0.29, 0.717) is 0 Å². The van der Waals surface area contributed by atoms with E-state index in [1.165, 1.54) is 16.7 Å². The average Bonchev–Trinajstić information content (AvgIpc) is 2.66. The molecule has 3 rings (SSSR count). The summed E-state index contributed by atoms with van der Waals surface area (Å²) in [6.45, 7) is 0. The Balaban J connectivity index is 2.01. The van der Waals surface area contributed by atoms with Crippen molar-refractivity contribution in [3.8, 4) is 0 Å². The predicted molar refractivity (Wildman–Crippen MR) is 65.2 cm³/mol. The number of hydrogen-bond donors (Lipinski definition) is 1. The van der Waals surface area contributed by atoms with Gasteiger partial charge in [0, 0.05) is 5.92 Å². The van der Waals surface area contributed by atoms with E-state index in [4.69, 9.17) is 0 Å². The molecule has 0 fully saturated rings. The molecule has 1 N–H and O–H groups in total. The van der Waals surface area contributed by atoms with E-state index in [0.717, 1.165) is 19.3 Å². The molecule has 1 heteroatoms. The molecular weight excluding hydrogens is 196 g/mol. The van der Waals surface area contributed by atoms with Gasteiger partial charge in [-0.2, -0.15) is 0 Å². The lowest BCUT2D eigenvalue weighted by molar-refractivity contribution is 0.168. The zero-order chi connectivity index (χ0) is 11.0. The lowest BCUT2D eigenvalue weighted by Crippen LogP contribution is -2.13. The third-order valence-corrected chi connectivity index (χ3v) is 3.65. The van der Waals surface area contributed by atoms with Crippen molar-refractivity contribution >= 4 is 0 Å². The molecule has 0 saturated heterocycles. The van der Waals surface area contributed by atoms with Crippen LogP contribution in [0.4, 0.5) is 0 Å². The highest BCUT2D eigenvalue weighted by Crippen LogP contribution is 2.43. The van der Waals surface area contributed by atoms with E-state index in [1.54, 1.807) is 0 Å². The first-order valence-corrected chi connectivity index (χ1v) is 5.98. The van der Waals surface area contributed by atoms with E-state index in [1.807, 2.05) is 18.2 Å². The fourth-order valence-corrected chi connectivity index (χ4v) is 2.91. The molecule has 2 aliphatic carbocycles. The maximum Gasteiger partial charge on any atom is 0.0686 e. The Morgan fingerprint density at radius 3 is 2.75 bits per heavy atom. The van der Waals surface area contributed by atoms with Crippen LogP contribution in [0.1, 0.15) is 30.7 Å². The van der Waals surface area contributed by atoms with Crippen LogP contribution in [-0.4, -0.2) is 11.2 Å². The second-order valence-corrected chi connectivity index (χ2v) is 4.66. The summed E-state index contributed by atoms with van der Waals surface area (Å²) in [7, 11) is 0. The number of allylic oxidation sites excluding steroid dienone is 2. The first-order chi connectivity index (χ1) is 7.86. The average molecular weight is 212 g/mol. The Kier molecular flexibility index (Phi) is 2.41. The van der Waals surface area contributed by atoms with E-state index in [2.05, 4.69) is 24.3 Å². The van der Waals surface area contributed by atoms with Crippen LogP contribution in [0, 0.1) is 0 Å². The van der Waals surface area contributed by atoms with E-state index in [9.17, 15) is 5.11 Å². The summed E-state index contributed by atoms with van der Waals surface area (Å²) >= 11 is 0. The molecule has 2 aliphatic rings.